The van der Waals surface area contributed by atoms with E-state index in [-0.39, 0.29) is 0 Å². The van der Waals surface area contributed by atoms with Crippen molar-refractivity contribution in [2.24, 2.45) is 0 Å². The van der Waals surface area contributed by atoms with Crippen molar-refractivity contribution in [2.45, 2.75) is 32.7 Å². The zero-order valence-corrected chi connectivity index (χ0v) is 6.94. The molecule has 2 N–H and O–H groups in total. The quantitative estimate of drug-likeness (QED) is 0.674. The number of anilines is 1. The molecule has 60 valence electrons. The lowest BCUT2D eigenvalue weighted by Gasteiger charge is -1.99. The zero-order chi connectivity index (χ0) is 7.84. The molecule has 0 atom stereocenters. The fourth-order valence-corrected chi connectivity index (χ4v) is 1.05. The zero-order valence-electron chi connectivity index (χ0n) is 6.94. The highest BCUT2D eigenvalue weighted by molar-refractivity contribution is 5.46. The van der Waals surface area contributed by atoms with Gasteiger partial charge in [0, 0.05) is 17.3 Å². The largest absolute Gasteiger partial charge is 0.366 e. The summed E-state index contributed by atoms with van der Waals surface area (Å²) in [4.78, 5) is 0. The summed E-state index contributed by atoms with van der Waals surface area (Å²) in [6, 6.07) is 0.691. The summed E-state index contributed by atoms with van der Waals surface area (Å²) >= 11 is 0. The Morgan fingerprint density at radius 1 is 1.45 bits per heavy atom. The number of aromatic amines is 1. The molecule has 2 rings (SSSR count). The molecule has 0 aromatic carbocycles. The molecule has 0 aliphatic heterocycles. The highest BCUT2D eigenvalue weighted by atomic mass is 15.2. The van der Waals surface area contributed by atoms with Crippen molar-refractivity contribution in [3.8, 4) is 0 Å². The lowest BCUT2D eigenvalue weighted by molar-refractivity contribution is 1.02. The van der Waals surface area contributed by atoms with Gasteiger partial charge in [0.05, 0.1) is 0 Å². The first-order valence-electron chi connectivity index (χ1n) is 4.05. The predicted molar refractivity (Wildman–Crippen MR) is 44.7 cm³/mol. The highest BCUT2D eigenvalue weighted by Gasteiger charge is 2.22. The van der Waals surface area contributed by atoms with Gasteiger partial charge >= 0.3 is 0 Å². The van der Waals surface area contributed by atoms with E-state index < -0.39 is 0 Å². The first-order valence-corrected chi connectivity index (χ1v) is 4.05. The highest BCUT2D eigenvalue weighted by Crippen LogP contribution is 2.25. The van der Waals surface area contributed by atoms with Crippen LogP contribution in [0.3, 0.4) is 0 Å². The fourth-order valence-electron chi connectivity index (χ4n) is 1.05. The van der Waals surface area contributed by atoms with Crippen LogP contribution in [0.25, 0.3) is 0 Å². The maximum Gasteiger partial charge on any atom is 0.151 e. The minimum atomic E-state index is 0.691. The van der Waals surface area contributed by atoms with Crippen LogP contribution >= 0.6 is 0 Å². The standard InChI is InChI=1S/C8H13N3/c1-5-6(2)10-11-8(5)9-7-3-4-7/h7H,3-4H2,1-2H3,(H2,9,10,11). The van der Waals surface area contributed by atoms with Gasteiger partial charge in [0.15, 0.2) is 5.82 Å². The van der Waals surface area contributed by atoms with E-state index in [1.165, 1.54) is 18.4 Å². The molecular formula is C8H13N3. The third-order valence-electron chi connectivity index (χ3n) is 2.17. The summed E-state index contributed by atoms with van der Waals surface area (Å²) in [5.74, 6) is 1.03. The van der Waals surface area contributed by atoms with E-state index in [0.717, 1.165) is 11.5 Å². The van der Waals surface area contributed by atoms with Crippen LogP contribution in [0.2, 0.25) is 0 Å². The summed E-state index contributed by atoms with van der Waals surface area (Å²) in [5, 5.41) is 10.5. The van der Waals surface area contributed by atoms with Gasteiger partial charge in [-0.25, -0.2) is 0 Å². The lowest BCUT2D eigenvalue weighted by Crippen LogP contribution is -2.02. The average Bonchev–Trinajstić information content (AvgIpc) is 2.74. The third kappa shape index (κ3) is 1.23. The lowest BCUT2D eigenvalue weighted by atomic mass is 10.3. The van der Waals surface area contributed by atoms with E-state index in [1.54, 1.807) is 0 Å². The van der Waals surface area contributed by atoms with Gasteiger partial charge in [-0.1, -0.05) is 0 Å². The van der Waals surface area contributed by atoms with Crippen LogP contribution in [0.1, 0.15) is 24.1 Å². The van der Waals surface area contributed by atoms with Gasteiger partial charge in [0.1, 0.15) is 0 Å². The number of hydrogen-bond acceptors (Lipinski definition) is 2. The average molecular weight is 151 g/mol. The van der Waals surface area contributed by atoms with Crippen LogP contribution in [-0.2, 0) is 0 Å². The van der Waals surface area contributed by atoms with Gasteiger partial charge in [-0.05, 0) is 26.7 Å². The molecule has 3 heteroatoms. The van der Waals surface area contributed by atoms with E-state index in [9.17, 15) is 0 Å². The summed E-state index contributed by atoms with van der Waals surface area (Å²) in [5.41, 5.74) is 2.41. The second-order valence-corrected chi connectivity index (χ2v) is 3.24. The number of aromatic nitrogens is 2. The van der Waals surface area contributed by atoms with Gasteiger partial charge in [-0.2, -0.15) is 5.10 Å². The van der Waals surface area contributed by atoms with Crippen molar-refractivity contribution in [3.05, 3.63) is 11.3 Å². The molecule has 0 bridgehead atoms. The molecule has 1 fully saturated rings. The number of rotatable bonds is 2. The van der Waals surface area contributed by atoms with Crippen LogP contribution in [-0.4, -0.2) is 16.2 Å². The van der Waals surface area contributed by atoms with Crippen LogP contribution in [0.5, 0.6) is 0 Å². The number of aryl methyl sites for hydroxylation is 1. The molecule has 1 aliphatic carbocycles. The summed E-state index contributed by atoms with van der Waals surface area (Å²) in [7, 11) is 0. The Morgan fingerprint density at radius 3 is 2.64 bits per heavy atom. The number of nitrogens with one attached hydrogen (secondary N) is 2. The second-order valence-electron chi connectivity index (χ2n) is 3.24. The van der Waals surface area contributed by atoms with Crippen molar-refractivity contribution >= 4 is 5.82 Å². The number of hydrogen-bond donors (Lipinski definition) is 2. The molecule has 1 aromatic rings. The number of nitrogens with zero attached hydrogens (tertiary/aromatic N) is 1. The molecule has 1 saturated carbocycles. The van der Waals surface area contributed by atoms with E-state index >= 15 is 0 Å². The third-order valence-corrected chi connectivity index (χ3v) is 2.17. The van der Waals surface area contributed by atoms with E-state index in [2.05, 4.69) is 22.4 Å². The predicted octanol–water partition coefficient (Wildman–Crippen LogP) is 1.60. The Hall–Kier alpha value is -0.990. The van der Waals surface area contributed by atoms with E-state index in [0.29, 0.717) is 6.04 Å². The van der Waals surface area contributed by atoms with Crippen molar-refractivity contribution in [2.75, 3.05) is 5.32 Å². The summed E-state index contributed by atoms with van der Waals surface area (Å²) < 4.78 is 0. The van der Waals surface area contributed by atoms with Gasteiger partial charge in [0.25, 0.3) is 0 Å². The van der Waals surface area contributed by atoms with Crippen LogP contribution < -0.4 is 5.32 Å². The van der Waals surface area contributed by atoms with Gasteiger partial charge in [-0.3, -0.25) is 5.10 Å². The van der Waals surface area contributed by atoms with Crippen LogP contribution in [0.4, 0.5) is 5.82 Å². The van der Waals surface area contributed by atoms with E-state index in [4.69, 9.17) is 0 Å². The molecule has 3 nitrogen and oxygen atoms in total. The first-order chi connectivity index (χ1) is 5.27. The van der Waals surface area contributed by atoms with E-state index in [1.807, 2.05) is 6.92 Å². The van der Waals surface area contributed by atoms with Crippen LogP contribution in [0.15, 0.2) is 0 Å². The Labute approximate surface area is 66.2 Å². The number of H-pyrrole nitrogens is 1. The monoisotopic (exact) mass is 151 g/mol. The summed E-state index contributed by atoms with van der Waals surface area (Å²) in [6.07, 6.45) is 2.59. The molecule has 0 radical (unpaired) electrons. The Bertz CT molecular complexity index is 260. The first kappa shape index (κ1) is 6.70. The molecule has 0 saturated heterocycles. The van der Waals surface area contributed by atoms with Gasteiger partial charge in [0.2, 0.25) is 0 Å². The van der Waals surface area contributed by atoms with Gasteiger partial charge in [-0.15, -0.1) is 0 Å². The molecule has 0 amide bonds. The Balaban J connectivity index is 2.15. The molecule has 0 spiro atoms. The minimum Gasteiger partial charge on any atom is -0.366 e. The maximum atomic E-state index is 4.16. The molecule has 11 heavy (non-hydrogen) atoms. The topological polar surface area (TPSA) is 40.7 Å². The molecule has 1 aliphatic rings. The van der Waals surface area contributed by atoms with Crippen molar-refractivity contribution in [1.82, 2.24) is 10.2 Å². The smallest absolute Gasteiger partial charge is 0.151 e. The van der Waals surface area contributed by atoms with Crippen molar-refractivity contribution in [1.29, 1.82) is 0 Å². The SMILES string of the molecule is Cc1[nH]nc(NC2CC2)c1C. The maximum absolute atomic E-state index is 4.16. The minimum absolute atomic E-state index is 0.691. The van der Waals surface area contributed by atoms with Gasteiger partial charge < -0.3 is 5.32 Å². The van der Waals surface area contributed by atoms with Crippen molar-refractivity contribution < 1.29 is 0 Å². The Morgan fingerprint density at radius 2 is 2.18 bits per heavy atom. The Kier molecular flexibility index (Phi) is 1.37. The summed E-state index contributed by atoms with van der Waals surface area (Å²) in [6.45, 7) is 4.13. The van der Waals surface area contributed by atoms with Crippen molar-refractivity contribution in [3.63, 3.8) is 0 Å². The molecular weight excluding hydrogens is 138 g/mol. The normalized spacial score (nSPS) is 16.9. The second kappa shape index (κ2) is 2.26. The fraction of sp³-hybridized carbons (Fsp3) is 0.625. The molecule has 1 heterocycles. The van der Waals surface area contributed by atoms with Crippen LogP contribution in [0, 0.1) is 13.8 Å². The molecule has 0 unspecified atom stereocenters. The molecule has 1 aromatic heterocycles.